The molecule has 0 spiro atoms. The monoisotopic (exact) mass is 401 g/mol. The second-order valence-electron chi connectivity index (χ2n) is 5.99. The van der Waals surface area contributed by atoms with Crippen LogP contribution in [0.5, 0.6) is 5.88 Å². The first-order chi connectivity index (χ1) is 12.7. The van der Waals surface area contributed by atoms with Crippen LogP contribution in [0.4, 0.5) is 13.2 Å². The number of ether oxygens (including phenoxy) is 1. The Morgan fingerprint density at radius 3 is 2.59 bits per heavy atom. The molecular formula is C17H15ClF3N3O3. The van der Waals surface area contributed by atoms with Crippen LogP contribution < -0.4 is 10.2 Å². The van der Waals surface area contributed by atoms with Crippen LogP contribution in [0, 0.1) is 0 Å². The number of carbonyl (C=O) groups excluding carboxylic acids is 1. The van der Waals surface area contributed by atoms with E-state index >= 15 is 0 Å². The second-order valence-corrected chi connectivity index (χ2v) is 6.42. The molecule has 2 heterocycles. The first kappa shape index (κ1) is 19.4. The van der Waals surface area contributed by atoms with Gasteiger partial charge in [0.05, 0.1) is 11.7 Å². The molecule has 1 saturated heterocycles. The molecule has 1 aromatic carbocycles. The van der Waals surface area contributed by atoms with Crippen molar-refractivity contribution in [3.05, 3.63) is 47.1 Å². The number of hydrogen-bond acceptors (Lipinski definition) is 5. The van der Waals surface area contributed by atoms with E-state index in [-0.39, 0.29) is 17.0 Å². The highest BCUT2D eigenvalue weighted by Gasteiger charge is 2.30. The molecule has 1 aliphatic heterocycles. The number of nitrogens with zero attached hydrogens (tertiary/aromatic N) is 2. The van der Waals surface area contributed by atoms with Crippen LogP contribution in [-0.4, -0.2) is 53.0 Å². The third-order valence-electron chi connectivity index (χ3n) is 3.76. The van der Waals surface area contributed by atoms with Gasteiger partial charge >= 0.3 is 6.18 Å². The van der Waals surface area contributed by atoms with E-state index in [2.05, 4.69) is 10.4 Å². The van der Waals surface area contributed by atoms with Crippen molar-refractivity contribution in [2.24, 2.45) is 0 Å². The molecule has 27 heavy (non-hydrogen) atoms. The summed E-state index contributed by atoms with van der Waals surface area (Å²) in [7, 11) is 0. The maximum Gasteiger partial charge on any atom is 0.422 e. The fourth-order valence-electron chi connectivity index (χ4n) is 2.43. The standard InChI is InChI=1S/C17H15ClF3N3O3/c18-12-3-1-10(2-4-12)14-5-11(15(26)23-24-7-13(25)8-24)6-22-16(14)27-9-17(19,20)21/h1-6,13,25H,7-9H2,(H,23,26). The molecule has 6 nitrogen and oxygen atoms in total. The van der Waals surface area contributed by atoms with Crippen molar-refractivity contribution in [1.82, 2.24) is 15.4 Å². The summed E-state index contributed by atoms with van der Waals surface area (Å²) >= 11 is 5.85. The lowest BCUT2D eigenvalue weighted by atomic mass is 10.1. The number of hydrogen-bond donors (Lipinski definition) is 2. The van der Waals surface area contributed by atoms with E-state index in [1.165, 1.54) is 11.1 Å². The number of hydrazine groups is 1. The number of pyridine rings is 1. The van der Waals surface area contributed by atoms with E-state index in [9.17, 15) is 23.1 Å². The number of carbonyl (C=O) groups is 1. The molecule has 0 saturated carbocycles. The van der Waals surface area contributed by atoms with E-state index in [1.54, 1.807) is 24.3 Å². The van der Waals surface area contributed by atoms with Crippen molar-refractivity contribution < 1.29 is 27.8 Å². The minimum atomic E-state index is -4.52. The summed E-state index contributed by atoms with van der Waals surface area (Å²) in [6, 6.07) is 7.71. The van der Waals surface area contributed by atoms with Crippen molar-refractivity contribution in [2.75, 3.05) is 19.7 Å². The third kappa shape index (κ3) is 5.09. The van der Waals surface area contributed by atoms with Gasteiger partial charge in [-0.05, 0) is 23.8 Å². The molecule has 2 aromatic rings. The average molecular weight is 402 g/mol. The van der Waals surface area contributed by atoms with E-state index in [4.69, 9.17) is 16.3 Å². The molecule has 3 rings (SSSR count). The summed E-state index contributed by atoms with van der Waals surface area (Å²) in [5.41, 5.74) is 3.45. The van der Waals surface area contributed by atoms with Gasteiger partial charge in [0.25, 0.3) is 5.91 Å². The van der Waals surface area contributed by atoms with Crippen molar-refractivity contribution in [3.8, 4) is 17.0 Å². The molecular weight excluding hydrogens is 387 g/mol. The normalized spacial score (nSPS) is 15.3. The zero-order valence-corrected chi connectivity index (χ0v) is 14.6. The Morgan fingerprint density at radius 2 is 2.00 bits per heavy atom. The Hall–Kier alpha value is -2.36. The Bertz CT molecular complexity index is 824. The topological polar surface area (TPSA) is 74.7 Å². The van der Waals surface area contributed by atoms with Crippen molar-refractivity contribution >= 4 is 17.5 Å². The quantitative estimate of drug-likeness (QED) is 0.805. The van der Waals surface area contributed by atoms with E-state index in [0.29, 0.717) is 23.7 Å². The highest BCUT2D eigenvalue weighted by molar-refractivity contribution is 6.30. The van der Waals surface area contributed by atoms with Gasteiger partial charge in [-0.3, -0.25) is 10.2 Å². The van der Waals surface area contributed by atoms with Gasteiger partial charge in [-0.1, -0.05) is 23.7 Å². The molecule has 144 valence electrons. The number of rotatable bonds is 5. The Morgan fingerprint density at radius 1 is 1.33 bits per heavy atom. The minimum Gasteiger partial charge on any atom is -0.468 e. The van der Waals surface area contributed by atoms with Gasteiger partial charge in [-0.2, -0.15) is 13.2 Å². The fraction of sp³-hybridized carbons (Fsp3) is 0.294. The minimum absolute atomic E-state index is 0.140. The molecule has 0 bridgehead atoms. The van der Waals surface area contributed by atoms with Crippen LogP contribution in [0.2, 0.25) is 5.02 Å². The van der Waals surface area contributed by atoms with Gasteiger partial charge in [0, 0.05) is 29.9 Å². The maximum absolute atomic E-state index is 12.5. The number of β-amino-alcohol motifs (C(OH)–C–C–N with tert-alkyl or cyclic N) is 1. The summed E-state index contributed by atoms with van der Waals surface area (Å²) in [6.07, 6.45) is -3.88. The molecule has 0 atom stereocenters. The largest absolute Gasteiger partial charge is 0.468 e. The molecule has 2 N–H and O–H groups in total. The summed E-state index contributed by atoms with van der Waals surface area (Å²) in [5, 5.41) is 11.2. The molecule has 0 aliphatic carbocycles. The number of nitrogens with one attached hydrogen (secondary N) is 1. The van der Waals surface area contributed by atoms with Gasteiger partial charge in [0.15, 0.2) is 6.61 Å². The van der Waals surface area contributed by atoms with E-state index in [1.807, 2.05) is 0 Å². The predicted molar refractivity (Wildman–Crippen MR) is 91.3 cm³/mol. The smallest absolute Gasteiger partial charge is 0.422 e. The average Bonchev–Trinajstić information content (AvgIpc) is 2.58. The lowest BCUT2D eigenvalue weighted by molar-refractivity contribution is -0.154. The number of aliphatic hydroxyl groups is 1. The predicted octanol–water partition coefficient (Wildman–Crippen LogP) is 2.66. The lowest BCUT2D eigenvalue weighted by Gasteiger charge is -2.35. The number of aromatic nitrogens is 1. The van der Waals surface area contributed by atoms with Crippen LogP contribution in [-0.2, 0) is 0 Å². The Kier molecular flexibility index (Phi) is 5.54. The van der Waals surface area contributed by atoms with Gasteiger partial charge < -0.3 is 9.84 Å². The van der Waals surface area contributed by atoms with Crippen LogP contribution in [0.15, 0.2) is 36.5 Å². The number of halogens is 4. The summed E-state index contributed by atoms with van der Waals surface area (Å²) in [5.74, 6) is -0.738. The SMILES string of the molecule is O=C(NN1CC(O)C1)c1cnc(OCC(F)(F)F)c(-c2ccc(Cl)cc2)c1. The molecule has 1 amide bonds. The third-order valence-corrected chi connectivity index (χ3v) is 4.02. The van der Waals surface area contributed by atoms with E-state index < -0.39 is 24.8 Å². The number of benzene rings is 1. The Balaban J connectivity index is 1.87. The zero-order valence-electron chi connectivity index (χ0n) is 13.8. The maximum atomic E-state index is 12.5. The number of aliphatic hydroxyl groups excluding tert-OH is 1. The molecule has 1 fully saturated rings. The summed E-state index contributed by atoms with van der Waals surface area (Å²) in [6.45, 7) is -0.899. The first-order valence-electron chi connectivity index (χ1n) is 7.91. The molecule has 1 aromatic heterocycles. The van der Waals surface area contributed by atoms with Gasteiger partial charge in [-0.25, -0.2) is 9.99 Å². The van der Waals surface area contributed by atoms with Crippen molar-refractivity contribution in [1.29, 1.82) is 0 Å². The summed E-state index contributed by atoms with van der Waals surface area (Å²) in [4.78, 5) is 16.2. The number of amides is 1. The van der Waals surface area contributed by atoms with Crippen molar-refractivity contribution in [3.63, 3.8) is 0 Å². The highest BCUT2D eigenvalue weighted by atomic mass is 35.5. The lowest BCUT2D eigenvalue weighted by Crippen LogP contribution is -2.58. The Labute approximate surface area is 157 Å². The second kappa shape index (κ2) is 7.71. The van der Waals surface area contributed by atoms with Crippen LogP contribution >= 0.6 is 11.6 Å². The summed E-state index contributed by atoms with van der Waals surface area (Å²) < 4.78 is 42.3. The van der Waals surface area contributed by atoms with Crippen LogP contribution in [0.3, 0.4) is 0 Å². The fourth-order valence-corrected chi connectivity index (χ4v) is 2.56. The van der Waals surface area contributed by atoms with Gasteiger partial charge in [-0.15, -0.1) is 0 Å². The number of alkyl halides is 3. The van der Waals surface area contributed by atoms with E-state index in [0.717, 1.165) is 6.20 Å². The first-order valence-corrected chi connectivity index (χ1v) is 8.28. The molecule has 0 unspecified atom stereocenters. The van der Waals surface area contributed by atoms with Gasteiger partial charge in [0.2, 0.25) is 5.88 Å². The molecule has 1 aliphatic rings. The van der Waals surface area contributed by atoms with Gasteiger partial charge in [0.1, 0.15) is 0 Å². The van der Waals surface area contributed by atoms with Crippen molar-refractivity contribution in [2.45, 2.75) is 12.3 Å². The van der Waals surface area contributed by atoms with Crippen LogP contribution in [0.25, 0.3) is 11.1 Å². The molecule has 0 radical (unpaired) electrons. The highest BCUT2D eigenvalue weighted by Crippen LogP contribution is 2.31. The molecule has 10 heteroatoms. The van der Waals surface area contributed by atoms with Crippen LogP contribution in [0.1, 0.15) is 10.4 Å². The zero-order chi connectivity index (χ0) is 19.6.